The zero-order valence-electron chi connectivity index (χ0n) is 10.2. The minimum Gasteiger partial charge on any atom is -0.476 e. The first-order chi connectivity index (χ1) is 7.69. The molecule has 0 amide bonds. The zero-order chi connectivity index (χ0) is 12.0. The number of hydrogen-bond donors (Lipinski definition) is 2. The maximum atomic E-state index is 5.91. The summed E-state index contributed by atoms with van der Waals surface area (Å²) in [6, 6.07) is 0.330. The van der Waals surface area contributed by atoms with Crippen LogP contribution in [0.1, 0.15) is 33.6 Å². The lowest BCUT2D eigenvalue weighted by molar-refractivity contribution is 0.306. The van der Waals surface area contributed by atoms with E-state index < -0.39 is 0 Å². The van der Waals surface area contributed by atoms with Crippen LogP contribution in [0.15, 0.2) is 6.33 Å². The molecule has 0 bridgehead atoms. The van der Waals surface area contributed by atoms with Crippen LogP contribution in [0.3, 0.4) is 0 Å². The van der Waals surface area contributed by atoms with Crippen molar-refractivity contribution in [3.8, 4) is 5.88 Å². The van der Waals surface area contributed by atoms with Gasteiger partial charge < -0.3 is 15.8 Å². The fourth-order valence-electron chi connectivity index (χ4n) is 1.14. The monoisotopic (exact) mass is 224 g/mol. The summed E-state index contributed by atoms with van der Waals surface area (Å²) in [7, 11) is 0. The van der Waals surface area contributed by atoms with Crippen molar-refractivity contribution < 1.29 is 4.74 Å². The SMILES string of the molecule is CCCOc1ncnc(NC(C)CC)c1N. The third-order valence-electron chi connectivity index (χ3n) is 2.29. The molecular formula is C11H20N4O. The van der Waals surface area contributed by atoms with E-state index in [1.807, 2.05) is 6.92 Å². The van der Waals surface area contributed by atoms with E-state index in [9.17, 15) is 0 Å². The average Bonchev–Trinajstić information content (AvgIpc) is 2.30. The number of ether oxygens (including phenoxy) is 1. The van der Waals surface area contributed by atoms with Crippen molar-refractivity contribution in [1.82, 2.24) is 9.97 Å². The molecule has 16 heavy (non-hydrogen) atoms. The topological polar surface area (TPSA) is 73.1 Å². The molecule has 5 heteroatoms. The summed E-state index contributed by atoms with van der Waals surface area (Å²) in [5, 5.41) is 3.22. The molecule has 1 atom stereocenters. The lowest BCUT2D eigenvalue weighted by atomic mass is 10.2. The molecule has 1 aromatic heterocycles. The lowest BCUT2D eigenvalue weighted by Gasteiger charge is -2.15. The van der Waals surface area contributed by atoms with E-state index in [0.29, 0.717) is 30.0 Å². The molecule has 0 spiro atoms. The second-order valence-corrected chi connectivity index (χ2v) is 3.74. The Kier molecular flexibility index (Phi) is 4.82. The number of aromatic nitrogens is 2. The molecule has 0 radical (unpaired) electrons. The Bertz CT molecular complexity index is 330. The van der Waals surface area contributed by atoms with Crippen LogP contribution in [0.2, 0.25) is 0 Å². The minimum absolute atomic E-state index is 0.330. The van der Waals surface area contributed by atoms with E-state index in [4.69, 9.17) is 10.5 Å². The molecule has 0 aromatic carbocycles. The molecule has 0 aliphatic carbocycles. The van der Waals surface area contributed by atoms with E-state index in [1.54, 1.807) is 0 Å². The van der Waals surface area contributed by atoms with Gasteiger partial charge >= 0.3 is 0 Å². The molecule has 90 valence electrons. The van der Waals surface area contributed by atoms with Crippen LogP contribution in [0.25, 0.3) is 0 Å². The summed E-state index contributed by atoms with van der Waals surface area (Å²) in [6.45, 7) is 6.83. The smallest absolute Gasteiger partial charge is 0.242 e. The molecular weight excluding hydrogens is 204 g/mol. The van der Waals surface area contributed by atoms with Gasteiger partial charge in [-0.2, -0.15) is 4.98 Å². The number of nitrogens with one attached hydrogen (secondary N) is 1. The van der Waals surface area contributed by atoms with Crippen LogP contribution in [0.5, 0.6) is 5.88 Å². The van der Waals surface area contributed by atoms with E-state index in [0.717, 1.165) is 12.8 Å². The number of anilines is 2. The minimum atomic E-state index is 0.330. The quantitative estimate of drug-likeness (QED) is 0.773. The Morgan fingerprint density at radius 1 is 1.44 bits per heavy atom. The van der Waals surface area contributed by atoms with Crippen molar-refractivity contribution in [2.45, 2.75) is 39.7 Å². The van der Waals surface area contributed by atoms with E-state index >= 15 is 0 Å². The largest absolute Gasteiger partial charge is 0.476 e. The molecule has 5 nitrogen and oxygen atoms in total. The van der Waals surface area contributed by atoms with Gasteiger partial charge in [-0.25, -0.2) is 4.98 Å². The van der Waals surface area contributed by atoms with Crippen LogP contribution >= 0.6 is 0 Å². The fourth-order valence-corrected chi connectivity index (χ4v) is 1.14. The lowest BCUT2D eigenvalue weighted by Crippen LogP contribution is -2.16. The maximum Gasteiger partial charge on any atom is 0.242 e. The predicted octanol–water partition coefficient (Wildman–Crippen LogP) is 2.06. The number of hydrogen-bond acceptors (Lipinski definition) is 5. The van der Waals surface area contributed by atoms with Gasteiger partial charge in [-0.3, -0.25) is 0 Å². The van der Waals surface area contributed by atoms with Gasteiger partial charge in [0.05, 0.1) is 6.61 Å². The van der Waals surface area contributed by atoms with Gasteiger partial charge in [0.25, 0.3) is 0 Å². The van der Waals surface area contributed by atoms with Crippen molar-refractivity contribution in [2.75, 3.05) is 17.7 Å². The zero-order valence-corrected chi connectivity index (χ0v) is 10.2. The number of nitrogens with zero attached hydrogens (tertiary/aromatic N) is 2. The predicted molar refractivity (Wildman–Crippen MR) is 65.6 cm³/mol. The van der Waals surface area contributed by atoms with Gasteiger partial charge in [0.15, 0.2) is 5.82 Å². The van der Waals surface area contributed by atoms with Crippen molar-refractivity contribution in [3.63, 3.8) is 0 Å². The molecule has 1 rings (SSSR count). The van der Waals surface area contributed by atoms with Gasteiger partial charge in [-0.05, 0) is 19.8 Å². The Balaban J connectivity index is 2.77. The van der Waals surface area contributed by atoms with Crippen LogP contribution in [0.4, 0.5) is 11.5 Å². The van der Waals surface area contributed by atoms with E-state index in [1.165, 1.54) is 6.33 Å². The Hall–Kier alpha value is -1.52. The van der Waals surface area contributed by atoms with Gasteiger partial charge in [0, 0.05) is 6.04 Å². The Morgan fingerprint density at radius 3 is 2.81 bits per heavy atom. The second-order valence-electron chi connectivity index (χ2n) is 3.74. The van der Waals surface area contributed by atoms with Crippen LogP contribution in [-0.4, -0.2) is 22.6 Å². The summed E-state index contributed by atoms with van der Waals surface area (Å²) in [6.07, 6.45) is 3.40. The molecule has 0 aliphatic heterocycles. The van der Waals surface area contributed by atoms with Crippen molar-refractivity contribution in [1.29, 1.82) is 0 Å². The van der Waals surface area contributed by atoms with E-state index in [-0.39, 0.29) is 0 Å². The van der Waals surface area contributed by atoms with Gasteiger partial charge in [-0.15, -0.1) is 0 Å². The molecule has 0 aliphatic rings. The van der Waals surface area contributed by atoms with Gasteiger partial charge in [0.1, 0.15) is 12.0 Å². The third-order valence-corrected chi connectivity index (χ3v) is 2.29. The molecule has 0 saturated carbocycles. The summed E-state index contributed by atoms with van der Waals surface area (Å²) >= 11 is 0. The van der Waals surface area contributed by atoms with Crippen molar-refractivity contribution >= 4 is 11.5 Å². The molecule has 0 saturated heterocycles. The highest BCUT2D eigenvalue weighted by Crippen LogP contribution is 2.25. The van der Waals surface area contributed by atoms with Crippen LogP contribution in [-0.2, 0) is 0 Å². The van der Waals surface area contributed by atoms with Crippen molar-refractivity contribution in [2.24, 2.45) is 0 Å². The van der Waals surface area contributed by atoms with Crippen molar-refractivity contribution in [3.05, 3.63) is 6.33 Å². The summed E-state index contributed by atoms with van der Waals surface area (Å²) in [5.41, 5.74) is 6.40. The van der Waals surface area contributed by atoms with Gasteiger partial charge in [0.2, 0.25) is 5.88 Å². The summed E-state index contributed by atoms with van der Waals surface area (Å²) < 4.78 is 5.43. The number of rotatable bonds is 6. The highest BCUT2D eigenvalue weighted by atomic mass is 16.5. The number of nitrogen functional groups attached to an aromatic ring is 1. The number of nitrogens with two attached hydrogens (primary N) is 1. The first-order valence-electron chi connectivity index (χ1n) is 5.68. The Labute approximate surface area is 96.4 Å². The highest BCUT2D eigenvalue weighted by Gasteiger charge is 2.10. The molecule has 1 heterocycles. The van der Waals surface area contributed by atoms with Gasteiger partial charge in [-0.1, -0.05) is 13.8 Å². The van der Waals surface area contributed by atoms with Crippen LogP contribution < -0.4 is 15.8 Å². The summed E-state index contributed by atoms with van der Waals surface area (Å²) in [5.74, 6) is 1.11. The summed E-state index contributed by atoms with van der Waals surface area (Å²) in [4.78, 5) is 8.12. The molecule has 1 aromatic rings. The normalized spacial score (nSPS) is 12.2. The molecule has 3 N–H and O–H groups in total. The first kappa shape index (κ1) is 12.5. The maximum absolute atomic E-state index is 5.91. The first-order valence-corrected chi connectivity index (χ1v) is 5.68. The molecule has 1 unspecified atom stereocenters. The highest BCUT2D eigenvalue weighted by molar-refractivity contribution is 5.66. The second kappa shape index (κ2) is 6.15. The Morgan fingerprint density at radius 2 is 2.19 bits per heavy atom. The van der Waals surface area contributed by atoms with E-state index in [2.05, 4.69) is 29.1 Å². The fraction of sp³-hybridized carbons (Fsp3) is 0.636. The third kappa shape index (κ3) is 3.25. The average molecular weight is 224 g/mol. The van der Waals surface area contributed by atoms with Crippen LogP contribution in [0, 0.1) is 0 Å². The standard InChI is InChI=1S/C11H20N4O/c1-4-6-16-11-9(12)10(13-7-14-11)15-8(3)5-2/h7-8H,4-6,12H2,1-3H3,(H,13,14,15). The molecule has 0 fully saturated rings.